The second kappa shape index (κ2) is 11.7. The van der Waals surface area contributed by atoms with Crippen molar-refractivity contribution in [3.05, 3.63) is 30.7 Å². The highest BCUT2D eigenvalue weighted by Gasteiger charge is 2.54. The van der Waals surface area contributed by atoms with Crippen LogP contribution >= 0.6 is 26.5 Å². The molecule has 0 bridgehead atoms. The molecule has 17 nitrogen and oxygen atoms in total. The number of nitrogens with one attached hydrogen (secondary N) is 1. The Hall–Kier alpha value is -2.74. The van der Waals surface area contributed by atoms with Gasteiger partial charge in [0.15, 0.2) is 36.3 Å². The van der Waals surface area contributed by atoms with Gasteiger partial charge in [-0.15, -0.1) is 0 Å². The van der Waals surface area contributed by atoms with E-state index in [1.807, 2.05) is 0 Å². The van der Waals surface area contributed by atoms with Crippen molar-refractivity contribution in [1.82, 2.24) is 34.1 Å². The lowest BCUT2D eigenvalue weighted by atomic mass is 10.1. The van der Waals surface area contributed by atoms with Crippen molar-refractivity contribution in [3.63, 3.8) is 0 Å². The molecule has 0 radical (unpaired) electrons. The predicted molar refractivity (Wildman–Crippen MR) is 166 cm³/mol. The minimum Gasteiger partial charge on any atom is -0.382 e. The molecule has 8 heterocycles. The summed E-state index contributed by atoms with van der Waals surface area (Å²) in [5.41, 5.74) is 7.58. The highest BCUT2D eigenvalue weighted by molar-refractivity contribution is 8.44. The van der Waals surface area contributed by atoms with Crippen molar-refractivity contribution in [3.8, 4) is 0 Å². The number of aromatic nitrogens is 7. The molecule has 0 aliphatic carbocycles. The molecule has 6 unspecified atom stereocenters. The van der Waals surface area contributed by atoms with Crippen LogP contribution < -0.4 is 11.1 Å². The molecule has 4 aliphatic rings. The summed E-state index contributed by atoms with van der Waals surface area (Å²) in [4.78, 5) is 20.8. The normalized spacial score (nSPS) is 37.9. The number of aryl methyl sites for hydroxylation is 1. The molecular weight excluding hydrogens is 685 g/mol. The molecule has 8 rings (SSSR count). The highest BCUT2D eigenvalue weighted by atomic mass is 32.7. The number of anilines is 2. The quantitative estimate of drug-likeness (QED) is 0.155. The van der Waals surface area contributed by atoms with Gasteiger partial charge >= 0.3 is 6.80 Å². The Morgan fingerprint density at radius 1 is 0.936 bits per heavy atom. The van der Waals surface area contributed by atoms with E-state index < -0.39 is 76.7 Å². The molecule has 250 valence electrons. The number of nitrogen functional groups attached to an aromatic ring is 1. The molecule has 3 N–H and O–H groups in total. The summed E-state index contributed by atoms with van der Waals surface area (Å²) in [6, 6.07) is 0. The van der Waals surface area contributed by atoms with Gasteiger partial charge in [-0.1, -0.05) is 12.2 Å². The first-order chi connectivity index (χ1) is 22.5. The molecule has 0 saturated carbocycles. The number of nitrogens with two attached hydrogens (primary N) is 1. The van der Waals surface area contributed by atoms with Crippen LogP contribution in [0.15, 0.2) is 25.2 Å². The van der Waals surface area contributed by atoms with Gasteiger partial charge in [-0.05, 0) is 18.4 Å². The van der Waals surface area contributed by atoms with Gasteiger partial charge in [-0.25, -0.2) is 38.3 Å². The average molecular weight is 713 g/mol. The van der Waals surface area contributed by atoms with E-state index in [9.17, 15) is 9.13 Å². The molecule has 4 aromatic heterocycles. The summed E-state index contributed by atoms with van der Waals surface area (Å²) in [5.74, 6) is 0.696. The summed E-state index contributed by atoms with van der Waals surface area (Å²) in [7, 11) is -2.91. The SMILES string of the molecule is BP1(=O)OC[C@H]2O[C@@H](n3cnc4c(N)ncnc43)C(F)C2OP(=O)(S)OC[C@H]2O[C@@H](n3cc4c5c(ncnc53)NCCC4)C(F)C2O1. The number of rotatable bonds is 2. The zero-order valence-corrected chi connectivity index (χ0v) is 27.2. The number of hydrogen-bond donors (Lipinski definition) is 3. The molecule has 0 spiro atoms. The van der Waals surface area contributed by atoms with Crippen LogP contribution in [0.4, 0.5) is 20.4 Å². The third kappa shape index (κ3) is 5.55. The largest absolute Gasteiger partial charge is 0.386 e. The smallest absolute Gasteiger partial charge is 0.382 e. The number of halogens is 2. The van der Waals surface area contributed by atoms with Crippen molar-refractivity contribution in [2.45, 2.75) is 62.1 Å². The number of ether oxygens (including phenoxy) is 2. The summed E-state index contributed by atoms with van der Waals surface area (Å²) in [5, 5.41) is 4.00. The van der Waals surface area contributed by atoms with Gasteiger partial charge in [0.25, 0.3) is 15.0 Å². The monoisotopic (exact) mass is 713 g/mol. The molecule has 3 saturated heterocycles. The fraction of sp³-hybridized carbons (Fsp3) is 0.542. The van der Waals surface area contributed by atoms with E-state index in [0.717, 1.165) is 31.5 Å². The van der Waals surface area contributed by atoms with Gasteiger partial charge in [0.2, 0.25) is 0 Å². The fourth-order valence-corrected chi connectivity index (χ4v) is 9.04. The van der Waals surface area contributed by atoms with Crippen LogP contribution in [0.2, 0.25) is 0 Å². The fourth-order valence-electron chi connectivity index (χ4n) is 6.39. The number of imidazole rings is 1. The molecule has 4 aliphatic heterocycles. The molecule has 0 aromatic carbocycles. The van der Waals surface area contributed by atoms with Gasteiger partial charge < -0.3 is 34.1 Å². The first-order valence-electron chi connectivity index (χ1n) is 14.7. The Morgan fingerprint density at radius 3 is 2.40 bits per heavy atom. The van der Waals surface area contributed by atoms with Crippen LogP contribution in [0.25, 0.3) is 22.2 Å². The van der Waals surface area contributed by atoms with Crippen molar-refractivity contribution in [1.29, 1.82) is 0 Å². The van der Waals surface area contributed by atoms with E-state index in [1.54, 1.807) is 6.20 Å². The summed E-state index contributed by atoms with van der Waals surface area (Å²) >= 11 is 4.07. The zero-order valence-electron chi connectivity index (χ0n) is 24.5. The lowest BCUT2D eigenvalue weighted by Gasteiger charge is -2.29. The van der Waals surface area contributed by atoms with Crippen LogP contribution in [0, 0.1) is 0 Å². The maximum atomic E-state index is 16.4. The third-order valence-electron chi connectivity index (χ3n) is 8.52. The minimum absolute atomic E-state index is 0.0707. The molecule has 23 heteroatoms. The number of alkyl halides is 2. The predicted octanol–water partition coefficient (Wildman–Crippen LogP) is 2.28. The first kappa shape index (κ1) is 31.5. The second-order valence-corrected chi connectivity index (χ2v) is 16.5. The van der Waals surface area contributed by atoms with E-state index in [4.69, 9.17) is 33.3 Å². The number of thiol groups is 1. The van der Waals surface area contributed by atoms with Crippen LogP contribution in [-0.2, 0) is 43.1 Å². The van der Waals surface area contributed by atoms with E-state index in [0.29, 0.717) is 17.9 Å². The Labute approximate surface area is 270 Å². The van der Waals surface area contributed by atoms with Gasteiger partial charge in [-0.3, -0.25) is 18.2 Å². The first-order valence-corrected chi connectivity index (χ1v) is 19.3. The molecule has 47 heavy (non-hydrogen) atoms. The van der Waals surface area contributed by atoms with Crippen molar-refractivity contribution < 1.29 is 45.5 Å². The highest BCUT2D eigenvalue weighted by Crippen LogP contribution is 2.58. The Morgan fingerprint density at radius 2 is 1.62 bits per heavy atom. The van der Waals surface area contributed by atoms with Crippen molar-refractivity contribution >= 4 is 67.9 Å². The van der Waals surface area contributed by atoms with Gasteiger partial charge in [0.05, 0.1) is 24.9 Å². The van der Waals surface area contributed by atoms with E-state index in [1.165, 1.54) is 28.1 Å². The van der Waals surface area contributed by atoms with Gasteiger partial charge in [0.1, 0.15) is 54.1 Å². The Bertz CT molecular complexity index is 1960. The van der Waals surface area contributed by atoms with Crippen LogP contribution in [0.5, 0.6) is 0 Å². The van der Waals surface area contributed by atoms with E-state index in [2.05, 4.69) is 42.5 Å². The number of nitrogens with zero attached hydrogens (tertiary/aromatic N) is 7. The lowest BCUT2D eigenvalue weighted by Crippen LogP contribution is -2.37. The Balaban J connectivity index is 1.08. The number of fused-ring (bicyclic) bond motifs is 3. The topological polar surface area (TPSA) is 202 Å². The van der Waals surface area contributed by atoms with Gasteiger partial charge in [0, 0.05) is 12.7 Å². The summed E-state index contributed by atoms with van der Waals surface area (Å²) in [6.45, 7) is -4.76. The molecular formula is C24H28BF2N9O8P2S. The zero-order chi connectivity index (χ0) is 32.7. The average Bonchev–Trinajstić information content (AvgIpc) is 3.73. The minimum atomic E-state index is -4.36. The molecule has 10 atom stereocenters. The van der Waals surface area contributed by atoms with E-state index in [-0.39, 0.29) is 17.0 Å². The molecule has 3 fully saturated rings. The second-order valence-electron chi connectivity index (χ2n) is 11.6. The maximum Gasteiger partial charge on any atom is 0.386 e. The third-order valence-corrected chi connectivity index (χ3v) is 11.4. The van der Waals surface area contributed by atoms with Gasteiger partial charge in [-0.2, -0.15) is 0 Å². The van der Waals surface area contributed by atoms with Crippen LogP contribution in [0.3, 0.4) is 0 Å². The van der Waals surface area contributed by atoms with Crippen molar-refractivity contribution in [2.24, 2.45) is 0 Å². The summed E-state index contributed by atoms with van der Waals surface area (Å²) in [6.07, 6.45) is -5.12. The Kier molecular flexibility index (Phi) is 7.85. The molecule has 0 amide bonds. The van der Waals surface area contributed by atoms with Crippen LogP contribution in [0.1, 0.15) is 24.4 Å². The van der Waals surface area contributed by atoms with Crippen molar-refractivity contribution in [2.75, 3.05) is 30.8 Å². The lowest BCUT2D eigenvalue weighted by molar-refractivity contribution is -0.0545. The molecule has 4 aromatic rings. The van der Waals surface area contributed by atoms with Crippen LogP contribution in [-0.4, -0.2) is 98.1 Å². The number of hydrogen-bond acceptors (Lipinski definition) is 15. The summed E-state index contributed by atoms with van der Waals surface area (Å²) < 4.78 is 96.8. The maximum absolute atomic E-state index is 16.4. The van der Waals surface area contributed by atoms with E-state index >= 15 is 8.78 Å². The standard InChI is InChI=1S/C24H28BF2N9O8P2S/c25-45(37)39-5-11-18(15(27)24(42-11)36-9-34-16-19(28)30-7-33-22(16)36)44-46(38,47)40-6-12-17(43-45)14(26)23(41-12)35-4-10-2-1-3-29-20-13(10)21(35)32-8-31-20/h4,7-9,11-12,14-15,17-18,23-24H,1-3,5-6,25H2,(H,38,47)(H2,28,30,33)(H,29,31,32)/t11-,12-,14?,15?,17?,18?,23-,24-,45?,46?/m1/s1.